The maximum absolute atomic E-state index is 12.7. The average Bonchev–Trinajstić information content (AvgIpc) is 3.06. The Balaban J connectivity index is 1.98. The lowest BCUT2D eigenvalue weighted by atomic mass is 9.93. The lowest BCUT2D eigenvalue weighted by Crippen LogP contribution is -2.35. The standard InChI is InChI=1S/C14H19ClN2O3S/c1-2-16(11-6-7-11)14(18)13-8-12(21(15,19)20)9-17(13)10-4-3-5-10/h8-11H,2-7H2,1H3. The SMILES string of the molecule is CCN(C(=O)c1cc(S(=O)(=O)Cl)cn1C1CCC1)C1CC1. The molecule has 0 unspecified atom stereocenters. The zero-order chi connectivity index (χ0) is 15.2. The molecule has 1 heterocycles. The monoisotopic (exact) mass is 330 g/mol. The summed E-state index contributed by atoms with van der Waals surface area (Å²) in [5.74, 6) is -0.0848. The summed E-state index contributed by atoms with van der Waals surface area (Å²) in [7, 11) is 1.62. The van der Waals surface area contributed by atoms with E-state index in [1.165, 1.54) is 12.3 Å². The molecule has 2 fully saturated rings. The first-order valence-corrected chi connectivity index (χ1v) is 9.70. The van der Waals surface area contributed by atoms with Gasteiger partial charge < -0.3 is 9.47 Å². The van der Waals surface area contributed by atoms with Crippen molar-refractivity contribution in [2.24, 2.45) is 0 Å². The summed E-state index contributed by atoms with van der Waals surface area (Å²) in [5, 5.41) is 0. The van der Waals surface area contributed by atoms with E-state index in [1.54, 1.807) is 0 Å². The van der Waals surface area contributed by atoms with E-state index in [2.05, 4.69) is 0 Å². The first-order valence-electron chi connectivity index (χ1n) is 7.39. The summed E-state index contributed by atoms with van der Waals surface area (Å²) in [4.78, 5) is 14.6. The van der Waals surface area contributed by atoms with Gasteiger partial charge in [-0.1, -0.05) is 0 Å². The van der Waals surface area contributed by atoms with Gasteiger partial charge in [0.1, 0.15) is 10.6 Å². The van der Waals surface area contributed by atoms with Crippen LogP contribution in [0.2, 0.25) is 0 Å². The molecule has 0 N–H and O–H groups in total. The number of aromatic nitrogens is 1. The third-order valence-corrected chi connectivity index (χ3v) is 5.70. The highest BCUT2D eigenvalue weighted by Crippen LogP contribution is 2.36. The van der Waals surface area contributed by atoms with Crippen molar-refractivity contribution in [2.45, 2.75) is 56.0 Å². The Labute approximate surface area is 129 Å². The van der Waals surface area contributed by atoms with Crippen molar-refractivity contribution < 1.29 is 13.2 Å². The minimum Gasteiger partial charge on any atom is -0.339 e. The van der Waals surface area contributed by atoms with E-state index in [0.29, 0.717) is 18.3 Å². The molecule has 3 rings (SSSR count). The van der Waals surface area contributed by atoms with Crippen LogP contribution in [0.15, 0.2) is 17.2 Å². The van der Waals surface area contributed by atoms with Crippen molar-refractivity contribution >= 4 is 25.6 Å². The molecule has 7 heteroatoms. The summed E-state index contributed by atoms with van der Waals surface area (Å²) in [5.41, 5.74) is 0.452. The number of hydrogen-bond acceptors (Lipinski definition) is 3. The molecule has 0 aliphatic heterocycles. The Morgan fingerprint density at radius 2 is 2.05 bits per heavy atom. The fourth-order valence-corrected chi connectivity index (χ4v) is 3.57. The predicted octanol–water partition coefficient (Wildman–Crippen LogP) is 2.77. The molecule has 0 aromatic carbocycles. The van der Waals surface area contributed by atoms with Crippen molar-refractivity contribution in [2.75, 3.05) is 6.54 Å². The molecule has 5 nitrogen and oxygen atoms in total. The average molecular weight is 331 g/mol. The maximum Gasteiger partial charge on any atom is 0.270 e. The van der Waals surface area contributed by atoms with Gasteiger partial charge in [-0.2, -0.15) is 0 Å². The summed E-state index contributed by atoms with van der Waals surface area (Å²) >= 11 is 0. The lowest BCUT2D eigenvalue weighted by Gasteiger charge is -2.30. The minimum absolute atomic E-state index is 0.0197. The van der Waals surface area contributed by atoms with Crippen molar-refractivity contribution in [3.05, 3.63) is 18.0 Å². The fraction of sp³-hybridized carbons (Fsp3) is 0.643. The second kappa shape index (κ2) is 5.32. The van der Waals surface area contributed by atoms with Gasteiger partial charge in [-0.3, -0.25) is 4.79 Å². The molecular formula is C14H19ClN2O3S. The number of rotatable bonds is 5. The Hall–Kier alpha value is -1.01. The molecule has 2 aliphatic carbocycles. The zero-order valence-electron chi connectivity index (χ0n) is 12.0. The molecule has 0 saturated heterocycles. The normalized spacial score (nSPS) is 19.3. The number of carbonyl (C=O) groups excluding carboxylic acids is 1. The highest BCUT2D eigenvalue weighted by molar-refractivity contribution is 8.13. The van der Waals surface area contributed by atoms with Crippen molar-refractivity contribution in [1.82, 2.24) is 9.47 Å². The second-order valence-electron chi connectivity index (χ2n) is 5.81. The van der Waals surface area contributed by atoms with Gasteiger partial charge in [0.2, 0.25) is 0 Å². The largest absolute Gasteiger partial charge is 0.339 e. The van der Waals surface area contributed by atoms with Crippen LogP contribution in [-0.2, 0) is 9.05 Å². The molecule has 0 bridgehead atoms. The number of nitrogens with zero attached hydrogens (tertiary/aromatic N) is 2. The minimum atomic E-state index is -3.81. The molecule has 1 aromatic rings. The second-order valence-corrected chi connectivity index (χ2v) is 8.38. The number of carbonyl (C=O) groups is 1. The third kappa shape index (κ3) is 2.83. The number of hydrogen-bond donors (Lipinski definition) is 0. The smallest absolute Gasteiger partial charge is 0.270 e. The number of halogens is 1. The molecule has 2 saturated carbocycles. The Morgan fingerprint density at radius 1 is 1.38 bits per heavy atom. The van der Waals surface area contributed by atoms with E-state index in [1.807, 2.05) is 16.4 Å². The predicted molar refractivity (Wildman–Crippen MR) is 80.1 cm³/mol. The van der Waals surface area contributed by atoms with E-state index < -0.39 is 9.05 Å². The molecule has 21 heavy (non-hydrogen) atoms. The lowest BCUT2D eigenvalue weighted by molar-refractivity contribution is 0.0735. The van der Waals surface area contributed by atoms with E-state index >= 15 is 0 Å². The maximum atomic E-state index is 12.7. The van der Waals surface area contributed by atoms with E-state index in [9.17, 15) is 13.2 Å². The summed E-state index contributed by atoms with van der Waals surface area (Å²) < 4.78 is 24.9. The molecule has 2 aliphatic rings. The summed E-state index contributed by atoms with van der Waals surface area (Å²) in [6.07, 6.45) is 6.65. The molecule has 0 spiro atoms. The molecule has 1 aromatic heterocycles. The van der Waals surface area contributed by atoms with Crippen LogP contribution in [0.3, 0.4) is 0 Å². The molecule has 0 radical (unpaired) electrons. The van der Waals surface area contributed by atoms with Crippen molar-refractivity contribution in [1.29, 1.82) is 0 Å². The van der Waals surface area contributed by atoms with Crippen LogP contribution in [0.4, 0.5) is 0 Å². The molecule has 1 amide bonds. The number of amides is 1. The summed E-state index contributed by atoms with van der Waals surface area (Å²) in [6.45, 7) is 2.59. The Morgan fingerprint density at radius 3 is 2.48 bits per heavy atom. The van der Waals surface area contributed by atoms with Crippen LogP contribution < -0.4 is 0 Å². The van der Waals surface area contributed by atoms with Gasteiger partial charge in [-0.25, -0.2) is 8.42 Å². The van der Waals surface area contributed by atoms with Crippen LogP contribution in [0, 0.1) is 0 Å². The Kier molecular flexibility index (Phi) is 3.78. The van der Waals surface area contributed by atoms with E-state index in [0.717, 1.165) is 32.1 Å². The fourth-order valence-electron chi connectivity index (χ4n) is 2.83. The third-order valence-electron chi connectivity index (χ3n) is 4.38. The van der Waals surface area contributed by atoms with Gasteiger partial charge in [0, 0.05) is 35.5 Å². The molecule has 116 valence electrons. The van der Waals surface area contributed by atoms with Crippen LogP contribution in [0.5, 0.6) is 0 Å². The van der Waals surface area contributed by atoms with Gasteiger partial charge in [-0.05, 0) is 45.1 Å². The van der Waals surface area contributed by atoms with E-state index in [-0.39, 0.29) is 16.8 Å². The van der Waals surface area contributed by atoms with Gasteiger partial charge >= 0.3 is 0 Å². The van der Waals surface area contributed by atoms with Crippen LogP contribution in [-0.4, -0.2) is 36.4 Å². The first kappa shape index (κ1) is 14.9. The van der Waals surface area contributed by atoms with Crippen LogP contribution in [0.25, 0.3) is 0 Å². The molecular weight excluding hydrogens is 312 g/mol. The highest BCUT2D eigenvalue weighted by Gasteiger charge is 2.35. The van der Waals surface area contributed by atoms with E-state index in [4.69, 9.17) is 10.7 Å². The Bertz CT molecular complexity index is 660. The molecule has 0 atom stereocenters. The first-order chi connectivity index (χ1) is 9.91. The van der Waals surface area contributed by atoms with Crippen LogP contribution >= 0.6 is 10.7 Å². The zero-order valence-corrected chi connectivity index (χ0v) is 13.5. The van der Waals surface area contributed by atoms with Gasteiger partial charge in [0.15, 0.2) is 0 Å². The summed E-state index contributed by atoms with van der Waals surface area (Å²) in [6, 6.07) is 1.95. The highest BCUT2D eigenvalue weighted by atomic mass is 35.7. The van der Waals surface area contributed by atoms with Crippen molar-refractivity contribution in [3.63, 3.8) is 0 Å². The van der Waals surface area contributed by atoms with Gasteiger partial charge in [0.25, 0.3) is 15.0 Å². The van der Waals surface area contributed by atoms with Crippen molar-refractivity contribution in [3.8, 4) is 0 Å². The van der Waals surface area contributed by atoms with Crippen LogP contribution in [0.1, 0.15) is 55.6 Å². The topological polar surface area (TPSA) is 59.4 Å². The van der Waals surface area contributed by atoms with Gasteiger partial charge in [0.05, 0.1) is 0 Å². The quantitative estimate of drug-likeness (QED) is 0.780. The van der Waals surface area contributed by atoms with Gasteiger partial charge in [-0.15, -0.1) is 0 Å².